The standard InChI is InChI=1S/C12H22N2O6S/c1-3-9-8-20-6-5-14(9)12(17)13-10(11(15)16)4-7-21(2,18)19/h9-10H,3-8H2,1-2H3,(H,13,17)(H,15,16). The van der Waals surface area contributed by atoms with E-state index in [-0.39, 0.29) is 18.2 Å². The second-order valence-electron chi connectivity index (χ2n) is 5.09. The molecule has 2 N–H and O–H groups in total. The third-order valence-corrected chi connectivity index (χ3v) is 4.31. The number of aliphatic carboxylic acids is 1. The van der Waals surface area contributed by atoms with E-state index in [2.05, 4.69) is 5.32 Å². The quantitative estimate of drug-likeness (QED) is 0.694. The van der Waals surface area contributed by atoms with Crippen LogP contribution in [-0.4, -0.2) is 74.3 Å². The van der Waals surface area contributed by atoms with E-state index in [9.17, 15) is 18.0 Å². The van der Waals surface area contributed by atoms with Crippen LogP contribution in [0.25, 0.3) is 0 Å². The number of carbonyl (C=O) groups excluding carboxylic acids is 1. The lowest BCUT2D eigenvalue weighted by atomic mass is 10.2. The Labute approximate surface area is 124 Å². The molecule has 1 aliphatic heterocycles. The first kappa shape index (κ1) is 17.7. The van der Waals surface area contributed by atoms with Crippen molar-refractivity contribution >= 4 is 21.8 Å². The van der Waals surface area contributed by atoms with Crippen molar-refractivity contribution < 1.29 is 27.9 Å². The van der Waals surface area contributed by atoms with Gasteiger partial charge < -0.3 is 20.1 Å². The van der Waals surface area contributed by atoms with Gasteiger partial charge in [0.2, 0.25) is 0 Å². The van der Waals surface area contributed by atoms with E-state index in [4.69, 9.17) is 9.84 Å². The van der Waals surface area contributed by atoms with E-state index in [1.54, 1.807) is 4.90 Å². The first-order chi connectivity index (χ1) is 9.74. The summed E-state index contributed by atoms with van der Waals surface area (Å²) in [6.07, 6.45) is 1.58. The lowest BCUT2D eigenvalue weighted by molar-refractivity contribution is -0.139. The molecular weight excluding hydrogens is 300 g/mol. The molecule has 2 amide bonds. The van der Waals surface area contributed by atoms with E-state index in [1.807, 2.05) is 6.92 Å². The van der Waals surface area contributed by atoms with Gasteiger partial charge in [0, 0.05) is 12.8 Å². The van der Waals surface area contributed by atoms with Crippen molar-refractivity contribution in [3.05, 3.63) is 0 Å². The summed E-state index contributed by atoms with van der Waals surface area (Å²) in [5.41, 5.74) is 0. The molecule has 21 heavy (non-hydrogen) atoms. The SMILES string of the molecule is CCC1COCCN1C(=O)NC(CCS(C)(=O)=O)C(=O)O. The normalized spacial score (nSPS) is 20.9. The number of nitrogens with one attached hydrogen (secondary N) is 1. The second kappa shape index (κ2) is 7.60. The Morgan fingerprint density at radius 3 is 2.67 bits per heavy atom. The highest BCUT2D eigenvalue weighted by Crippen LogP contribution is 2.11. The molecule has 0 aliphatic carbocycles. The molecule has 1 heterocycles. The first-order valence-electron chi connectivity index (χ1n) is 6.80. The topological polar surface area (TPSA) is 113 Å². The molecule has 9 heteroatoms. The van der Waals surface area contributed by atoms with Gasteiger partial charge >= 0.3 is 12.0 Å². The maximum Gasteiger partial charge on any atom is 0.326 e. The number of urea groups is 1. The van der Waals surface area contributed by atoms with E-state index >= 15 is 0 Å². The Balaban J connectivity index is 2.65. The van der Waals surface area contributed by atoms with Gasteiger partial charge in [0.15, 0.2) is 0 Å². The number of carbonyl (C=O) groups is 2. The molecule has 1 saturated heterocycles. The van der Waals surface area contributed by atoms with Gasteiger partial charge in [-0.1, -0.05) is 6.92 Å². The Bertz CT molecular complexity index is 478. The summed E-state index contributed by atoms with van der Waals surface area (Å²) in [5, 5.41) is 11.5. The highest BCUT2D eigenvalue weighted by Gasteiger charge is 2.29. The number of carboxylic acid groups (broad SMARTS) is 1. The highest BCUT2D eigenvalue weighted by molar-refractivity contribution is 7.90. The Morgan fingerprint density at radius 1 is 1.48 bits per heavy atom. The van der Waals surface area contributed by atoms with Crippen molar-refractivity contribution in [1.29, 1.82) is 0 Å². The minimum atomic E-state index is -3.28. The molecule has 0 aromatic carbocycles. The zero-order valence-corrected chi connectivity index (χ0v) is 13.1. The van der Waals surface area contributed by atoms with Gasteiger partial charge in [-0.15, -0.1) is 0 Å². The summed E-state index contributed by atoms with van der Waals surface area (Å²) in [6.45, 7) is 3.14. The summed E-state index contributed by atoms with van der Waals surface area (Å²) < 4.78 is 27.5. The lowest BCUT2D eigenvalue weighted by Gasteiger charge is -2.35. The number of morpholine rings is 1. The smallest absolute Gasteiger partial charge is 0.326 e. The summed E-state index contributed by atoms with van der Waals surface area (Å²) in [5.74, 6) is -1.53. The van der Waals surface area contributed by atoms with Crippen molar-refractivity contribution in [3.8, 4) is 0 Å². The van der Waals surface area contributed by atoms with Crippen molar-refractivity contribution in [2.24, 2.45) is 0 Å². The molecule has 0 bridgehead atoms. The molecule has 2 unspecified atom stereocenters. The fraction of sp³-hybridized carbons (Fsp3) is 0.833. The average molecular weight is 322 g/mol. The van der Waals surface area contributed by atoms with Crippen molar-refractivity contribution in [2.45, 2.75) is 31.8 Å². The molecule has 0 spiro atoms. The molecule has 0 aromatic rings. The Morgan fingerprint density at radius 2 is 2.14 bits per heavy atom. The zero-order valence-electron chi connectivity index (χ0n) is 12.2. The summed E-state index contributed by atoms with van der Waals surface area (Å²) in [6, 6.07) is -1.80. The molecule has 0 radical (unpaired) electrons. The van der Waals surface area contributed by atoms with Crippen LogP contribution in [0.2, 0.25) is 0 Å². The van der Waals surface area contributed by atoms with Crippen LogP contribution < -0.4 is 5.32 Å². The van der Waals surface area contributed by atoms with Gasteiger partial charge in [-0.25, -0.2) is 18.0 Å². The van der Waals surface area contributed by atoms with E-state index in [0.717, 1.165) is 6.26 Å². The monoisotopic (exact) mass is 322 g/mol. The lowest BCUT2D eigenvalue weighted by Crippen LogP contribution is -2.55. The van der Waals surface area contributed by atoms with Crippen molar-refractivity contribution in [3.63, 3.8) is 0 Å². The molecule has 0 saturated carbocycles. The number of hydrogen-bond donors (Lipinski definition) is 2. The molecule has 1 fully saturated rings. The average Bonchev–Trinajstić information content (AvgIpc) is 2.41. The van der Waals surface area contributed by atoms with Crippen LogP contribution in [0.1, 0.15) is 19.8 Å². The van der Waals surface area contributed by atoms with Crippen LogP contribution in [0.5, 0.6) is 0 Å². The number of sulfone groups is 1. The molecule has 2 atom stereocenters. The third-order valence-electron chi connectivity index (χ3n) is 3.33. The van der Waals surface area contributed by atoms with E-state index in [1.165, 1.54) is 0 Å². The minimum Gasteiger partial charge on any atom is -0.480 e. The number of amides is 2. The Kier molecular flexibility index (Phi) is 6.41. The van der Waals surface area contributed by atoms with Crippen LogP contribution in [-0.2, 0) is 19.4 Å². The van der Waals surface area contributed by atoms with Gasteiger partial charge in [-0.3, -0.25) is 0 Å². The van der Waals surface area contributed by atoms with Crippen molar-refractivity contribution in [1.82, 2.24) is 10.2 Å². The number of hydrogen-bond acceptors (Lipinski definition) is 5. The van der Waals surface area contributed by atoms with Crippen molar-refractivity contribution in [2.75, 3.05) is 31.8 Å². The first-order valence-corrected chi connectivity index (χ1v) is 8.86. The van der Waals surface area contributed by atoms with Gasteiger partial charge in [-0.2, -0.15) is 0 Å². The predicted octanol–water partition coefficient (Wildman–Crippen LogP) is -0.305. The maximum atomic E-state index is 12.2. The largest absolute Gasteiger partial charge is 0.480 e. The fourth-order valence-corrected chi connectivity index (χ4v) is 2.75. The number of rotatable bonds is 6. The molecule has 1 rings (SSSR count). The van der Waals surface area contributed by atoms with E-state index < -0.39 is 27.9 Å². The summed E-state index contributed by atoms with van der Waals surface area (Å²) in [7, 11) is -3.28. The van der Waals surface area contributed by atoms with Gasteiger partial charge in [0.25, 0.3) is 0 Å². The van der Waals surface area contributed by atoms with Crippen LogP contribution in [0.15, 0.2) is 0 Å². The van der Waals surface area contributed by atoms with E-state index in [0.29, 0.717) is 26.2 Å². The summed E-state index contributed by atoms with van der Waals surface area (Å²) in [4.78, 5) is 24.8. The van der Waals surface area contributed by atoms with Gasteiger partial charge in [0.05, 0.1) is 25.0 Å². The minimum absolute atomic E-state index is 0.0943. The number of nitrogens with zero attached hydrogens (tertiary/aromatic N) is 1. The van der Waals surface area contributed by atoms with Gasteiger partial charge in [0.1, 0.15) is 15.9 Å². The predicted molar refractivity (Wildman–Crippen MR) is 75.9 cm³/mol. The molecule has 1 aliphatic rings. The fourth-order valence-electron chi connectivity index (χ4n) is 2.08. The molecule has 122 valence electrons. The number of carboxylic acids is 1. The van der Waals surface area contributed by atoms with Crippen LogP contribution >= 0.6 is 0 Å². The van der Waals surface area contributed by atoms with Crippen LogP contribution in [0.3, 0.4) is 0 Å². The van der Waals surface area contributed by atoms with Crippen LogP contribution in [0, 0.1) is 0 Å². The zero-order chi connectivity index (χ0) is 16.0. The van der Waals surface area contributed by atoms with Crippen LogP contribution in [0.4, 0.5) is 4.79 Å². The third kappa shape index (κ3) is 5.88. The summed E-state index contributed by atoms with van der Waals surface area (Å²) >= 11 is 0. The van der Waals surface area contributed by atoms with Gasteiger partial charge in [-0.05, 0) is 12.8 Å². The maximum absolute atomic E-state index is 12.2. The highest BCUT2D eigenvalue weighted by atomic mass is 32.2. The molecular formula is C12H22N2O6S. The Hall–Kier alpha value is -1.35. The number of ether oxygens (including phenoxy) is 1. The second-order valence-corrected chi connectivity index (χ2v) is 7.35. The molecule has 0 aromatic heterocycles. The molecule has 8 nitrogen and oxygen atoms in total.